The number of hydrogen-bond donors (Lipinski definition) is 0. The minimum absolute atomic E-state index is 0. The van der Waals surface area contributed by atoms with Gasteiger partial charge >= 0.3 is 0 Å². The van der Waals surface area contributed by atoms with Crippen LogP contribution in [0.3, 0.4) is 0 Å². The minimum atomic E-state index is 0. The van der Waals surface area contributed by atoms with E-state index in [9.17, 15) is 0 Å². The molecule has 0 aliphatic rings. The van der Waals surface area contributed by atoms with Gasteiger partial charge in [0.15, 0.2) is 0 Å². The van der Waals surface area contributed by atoms with Crippen LogP contribution in [0.15, 0.2) is 0 Å². The summed E-state index contributed by atoms with van der Waals surface area (Å²) in [5, 5.41) is 0. The Hall–Kier alpha value is 4.21. The predicted molar refractivity (Wildman–Crippen MR) is 0 cm³/mol. The topological polar surface area (TPSA) is 0 Å². The molecule has 0 aromatic carbocycles. The van der Waals surface area contributed by atoms with Crippen molar-refractivity contribution in [1.29, 1.82) is 0 Å². The second kappa shape index (κ2) is 15.7. The normalized spacial score (nSPS) is 0. The molecule has 0 amide bonds. The molecule has 0 atom stereocenters. The maximum atomic E-state index is 0. The van der Waals surface area contributed by atoms with Crippen molar-refractivity contribution in [2.45, 2.75) is 0 Å². The van der Waals surface area contributed by atoms with E-state index < -0.39 is 0 Å². The van der Waals surface area contributed by atoms with Crippen molar-refractivity contribution < 1.29 is 124 Å². The summed E-state index contributed by atoms with van der Waals surface area (Å²) in [5.41, 5.74) is 0. The molecular formula is U4. The van der Waals surface area contributed by atoms with Gasteiger partial charge in [-0.3, -0.25) is 0 Å². The largest absolute Gasteiger partial charge is 0 e. The monoisotopic (exact) mass is 952 g/mol. The van der Waals surface area contributed by atoms with E-state index in [4.69, 9.17) is 0 Å². The third-order valence-electron chi connectivity index (χ3n) is 0. The van der Waals surface area contributed by atoms with E-state index in [1.807, 2.05) is 0 Å². The van der Waals surface area contributed by atoms with E-state index in [0.29, 0.717) is 0 Å². The Balaban J connectivity index is 0. The van der Waals surface area contributed by atoms with E-state index in [0.717, 1.165) is 0 Å². The second-order valence-corrected chi connectivity index (χ2v) is 0. The van der Waals surface area contributed by atoms with Crippen molar-refractivity contribution in [2.24, 2.45) is 0 Å². The Morgan fingerprint density at radius 1 is 0.250 bits per heavy atom. The Morgan fingerprint density at radius 3 is 0.250 bits per heavy atom. The van der Waals surface area contributed by atoms with Gasteiger partial charge in [0.25, 0.3) is 0 Å². The van der Waals surface area contributed by atoms with Crippen LogP contribution < -0.4 is 0 Å². The summed E-state index contributed by atoms with van der Waals surface area (Å²) in [6, 6.07) is 0. The molecule has 0 bridgehead atoms. The van der Waals surface area contributed by atoms with E-state index >= 15 is 0 Å². The molecule has 0 heterocycles. The molecule has 0 aliphatic heterocycles. The summed E-state index contributed by atoms with van der Waals surface area (Å²) in [6.07, 6.45) is 0. The average molecular weight is 952 g/mol. The summed E-state index contributed by atoms with van der Waals surface area (Å²) in [7, 11) is 0. The fourth-order valence-corrected chi connectivity index (χ4v) is 0. The summed E-state index contributed by atoms with van der Waals surface area (Å²) in [5.74, 6) is 0. The molecule has 4 heavy (non-hydrogen) atoms. The molecule has 0 unspecified atom stereocenters. The molecule has 0 rings (SSSR count). The standard InChI is InChI=1S/4U. The molecule has 0 fully saturated rings. The van der Waals surface area contributed by atoms with Crippen LogP contribution in [0.4, 0.5) is 0 Å². The summed E-state index contributed by atoms with van der Waals surface area (Å²) < 4.78 is 0. The van der Waals surface area contributed by atoms with Gasteiger partial charge < -0.3 is 0 Å². The molecule has 0 N–H and O–H groups in total. The first-order valence-corrected chi connectivity index (χ1v) is 0. The zero-order valence-electron chi connectivity index (χ0n) is 2.00. The van der Waals surface area contributed by atoms with Crippen molar-refractivity contribution in [1.82, 2.24) is 0 Å². The average Bonchev–Trinajstić information content (AvgIpc) is 0. The van der Waals surface area contributed by atoms with Crippen LogP contribution in [0.2, 0.25) is 0 Å². The first-order valence-electron chi connectivity index (χ1n) is 0. The van der Waals surface area contributed by atoms with E-state index in [-0.39, 0.29) is 124 Å². The van der Waals surface area contributed by atoms with Crippen molar-refractivity contribution in [3.05, 3.63) is 0 Å². The fourth-order valence-electron chi connectivity index (χ4n) is 0. The third-order valence-corrected chi connectivity index (χ3v) is 0. The first-order chi connectivity index (χ1) is 0. The minimum Gasteiger partial charge on any atom is 0 e. The van der Waals surface area contributed by atoms with Crippen LogP contribution in [-0.2, 0) is 0 Å². The molecule has 0 aromatic heterocycles. The molecule has 0 spiro atoms. The zero-order valence-corrected chi connectivity index (χ0v) is 18.7. The maximum Gasteiger partial charge on any atom is 0 e. The number of rotatable bonds is 0. The Labute approximate surface area is 121 Å². The van der Waals surface area contributed by atoms with Crippen LogP contribution in [0.25, 0.3) is 0 Å². The summed E-state index contributed by atoms with van der Waals surface area (Å²) in [4.78, 5) is 0. The fraction of sp³-hybridized carbons (Fsp3) is 0. The molecule has 0 saturated heterocycles. The molecule has 4 heteroatoms. The Morgan fingerprint density at radius 2 is 0.250 bits per heavy atom. The SMILES string of the molecule is [U].[U].[U].[U]. The van der Waals surface area contributed by atoms with Crippen molar-refractivity contribution >= 4 is 0 Å². The number of hydrogen-bond acceptors (Lipinski definition) is 0. The molecule has 16 valence electrons. The van der Waals surface area contributed by atoms with Gasteiger partial charge in [-0.2, -0.15) is 0 Å². The third kappa shape index (κ3) is 9.51. The van der Waals surface area contributed by atoms with Gasteiger partial charge in [-0.15, -0.1) is 0 Å². The van der Waals surface area contributed by atoms with Crippen molar-refractivity contribution in [2.75, 3.05) is 0 Å². The molecule has 0 aliphatic carbocycles. The smallest absolute Gasteiger partial charge is 0 e. The van der Waals surface area contributed by atoms with Gasteiger partial charge in [-0.25, -0.2) is 0 Å². The molecule has 0 saturated carbocycles. The van der Waals surface area contributed by atoms with Gasteiger partial charge in [0, 0.05) is 124 Å². The Kier molecular flexibility index (Phi) is 94.5. The van der Waals surface area contributed by atoms with Crippen molar-refractivity contribution in [3.8, 4) is 0 Å². The first kappa shape index (κ1) is 24.1. The van der Waals surface area contributed by atoms with Gasteiger partial charge in [0.1, 0.15) is 0 Å². The van der Waals surface area contributed by atoms with Crippen LogP contribution >= 0.6 is 0 Å². The quantitative estimate of drug-likeness (QED) is 0.322. The van der Waals surface area contributed by atoms with Crippen molar-refractivity contribution in [3.63, 3.8) is 0 Å². The summed E-state index contributed by atoms with van der Waals surface area (Å²) >= 11 is 0. The Bertz CT molecular complexity index is 0. The molecular weight excluding hydrogens is 952 g/mol. The zero-order chi connectivity index (χ0) is 0. The van der Waals surface area contributed by atoms with Gasteiger partial charge in [-0.05, 0) is 0 Å². The van der Waals surface area contributed by atoms with E-state index in [1.54, 1.807) is 0 Å². The van der Waals surface area contributed by atoms with Crippen LogP contribution in [-0.4, -0.2) is 0 Å². The van der Waals surface area contributed by atoms with Crippen LogP contribution in [0.5, 0.6) is 0 Å². The van der Waals surface area contributed by atoms with Crippen LogP contribution in [0, 0.1) is 124 Å². The molecule has 0 aromatic rings. The van der Waals surface area contributed by atoms with E-state index in [2.05, 4.69) is 0 Å². The maximum absolute atomic E-state index is 0. The van der Waals surface area contributed by atoms with E-state index in [1.165, 1.54) is 0 Å². The van der Waals surface area contributed by atoms with Gasteiger partial charge in [0.2, 0.25) is 0 Å². The predicted octanol–water partition coefficient (Wildman–Crippen LogP) is 0. The van der Waals surface area contributed by atoms with Gasteiger partial charge in [-0.1, -0.05) is 0 Å². The second-order valence-electron chi connectivity index (χ2n) is 0. The molecule has 0 nitrogen and oxygen atoms in total. The van der Waals surface area contributed by atoms with Gasteiger partial charge in [0.05, 0.1) is 0 Å². The van der Waals surface area contributed by atoms with Crippen LogP contribution in [0.1, 0.15) is 0 Å². The molecule has 0 radical (unpaired) electrons. The summed E-state index contributed by atoms with van der Waals surface area (Å²) in [6.45, 7) is 0.